The van der Waals surface area contributed by atoms with Crippen molar-refractivity contribution < 1.29 is 9.32 Å². The maximum atomic E-state index is 12.3. The van der Waals surface area contributed by atoms with Gasteiger partial charge in [-0.2, -0.15) is 0 Å². The molecule has 0 aliphatic heterocycles. The first-order valence-electron chi connectivity index (χ1n) is 7.92. The molecule has 0 bridgehead atoms. The van der Waals surface area contributed by atoms with Gasteiger partial charge in [0.2, 0.25) is 11.7 Å². The number of nitrogens with zero attached hydrogens (tertiary/aromatic N) is 3. The first-order valence-corrected chi connectivity index (χ1v) is 7.92. The van der Waals surface area contributed by atoms with E-state index in [9.17, 15) is 9.59 Å². The van der Waals surface area contributed by atoms with E-state index >= 15 is 0 Å². The molecule has 1 aliphatic carbocycles. The Labute approximate surface area is 133 Å². The second-order valence-electron chi connectivity index (χ2n) is 6.01. The largest absolute Gasteiger partial charge is 0.442 e. The van der Waals surface area contributed by atoms with Gasteiger partial charge in [0, 0.05) is 12.2 Å². The predicted molar refractivity (Wildman–Crippen MR) is 83.6 cm³/mol. The fourth-order valence-corrected chi connectivity index (χ4v) is 3.01. The van der Waals surface area contributed by atoms with E-state index in [1.165, 1.54) is 11.0 Å². The van der Waals surface area contributed by atoms with Gasteiger partial charge in [0.15, 0.2) is 0 Å². The summed E-state index contributed by atoms with van der Waals surface area (Å²) < 4.78 is 5.91. The minimum absolute atomic E-state index is 0.114. The Morgan fingerprint density at radius 3 is 2.96 bits per heavy atom. The zero-order valence-corrected chi connectivity index (χ0v) is 13.1. The van der Waals surface area contributed by atoms with E-state index < -0.39 is 5.76 Å². The summed E-state index contributed by atoms with van der Waals surface area (Å²) in [5.74, 6) is -0.131. The molecule has 2 aromatic rings. The van der Waals surface area contributed by atoms with Gasteiger partial charge < -0.3 is 5.32 Å². The van der Waals surface area contributed by atoms with Crippen molar-refractivity contribution >= 4 is 5.91 Å². The number of amides is 1. The third-order valence-electron chi connectivity index (χ3n) is 4.34. The normalized spacial score (nSPS) is 21.1. The van der Waals surface area contributed by atoms with Gasteiger partial charge in [-0.25, -0.2) is 9.36 Å². The minimum atomic E-state index is -0.655. The van der Waals surface area contributed by atoms with Crippen LogP contribution in [-0.4, -0.2) is 26.7 Å². The lowest BCUT2D eigenvalue weighted by Gasteiger charge is -2.29. The second kappa shape index (κ2) is 6.76. The van der Waals surface area contributed by atoms with Crippen LogP contribution in [0.2, 0.25) is 0 Å². The predicted octanol–water partition coefficient (Wildman–Crippen LogP) is 1.59. The number of hydrogen-bond donors (Lipinski definition) is 1. The van der Waals surface area contributed by atoms with Gasteiger partial charge in [-0.05, 0) is 30.9 Å². The van der Waals surface area contributed by atoms with Crippen LogP contribution >= 0.6 is 0 Å². The fourth-order valence-electron chi connectivity index (χ4n) is 3.01. The highest BCUT2D eigenvalue weighted by molar-refractivity contribution is 5.76. The van der Waals surface area contributed by atoms with E-state index in [2.05, 4.69) is 22.4 Å². The van der Waals surface area contributed by atoms with Crippen LogP contribution in [0, 0.1) is 5.92 Å². The van der Waals surface area contributed by atoms with Gasteiger partial charge in [0.1, 0.15) is 12.2 Å². The van der Waals surface area contributed by atoms with E-state index in [-0.39, 0.29) is 24.3 Å². The smallest absolute Gasteiger partial charge is 0.352 e. The summed E-state index contributed by atoms with van der Waals surface area (Å²) in [6.45, 7) is 2.03. The zero-order chi connectivity index (χ0) is 16.2. The van der Waals surface area contributed by atoms with Gasteiger partial charge in [-0.3, -0.25) is 14.3 Å². The molecule has 7 nitrogen and oxygen atoms in total. The number of hydrogen-bond acceptors (Lipinski definition) is 5. The Balaban J connectivity index is 1.74. The summed E-state index contributed by atoms with van der Waals surface area (Å²) in [4.78, 5) is 28.3. The second-order valence-corrected chi connectivity index (χ2v) is 6.01. The number of pyridine rings is 1. The maximum absolute atomic E-state index is 12.3. The van der Waals surface area contributed by atoms with Crippen molar-refractivity contribution in [2.24, 2.45) is 5.92 Å². The quantitative estimate of drug-likeness (QED) is 0.925. The van der Waals surface area contributed by atoms with Crippen molar-refractivity contribution in [2.45, 2.75) is 45.2 Å². The van der Waals surface area contributed by atoms with Gasteiger partial charge in [0.25, 0.3) is 0 Å². The highest BCUT2D eigenvalue weighted by Gasteiger charge is 2.24. The van der Waals surface area contributed by atoms with E-state index in [1.807, 2.05) is 0 Å². The fraction of sp³-hybridized carbons (Fsp3) is 0.500. The number of aromatic nitrogens is 3. The molecular formula is C16H20N4O3. The maximum Gasteiger partial charge on any atom is 0.442 e. The van der Waals surface area contributed by atoms with Crippen LogP contribution in [0.3, 0.4) is 0 Å². The Morgan fingerprint density at radius 2 is 2.22 bits per heavy atom. The molecule has 2 aromatic heterocycles. The summed E-state index contributed by atoms with van der Waals surface area (Å²) in [5, 5.41) is 6.76. The molecule has 2 heterocycles. The minimum Gasteiger partial charge on any atom is -0.352 e. The average molecular weight is 316 g/mol. The number of carbonyl (C=O) groups is 1. The van der Waals surface area contributed by atoms with E-state index in [0.29, 0.717) is 11.6 Å². The summed E-state index contributed by atoms with van der Waals surface area (Å²) in [6.07, 6.45) is 6.04. The molecule has 1 amide bonds. The van der Waals surface area contributed by atoms with Crippen molar-refractivity contribution in [1.82, 2.24) is 20.0 Å². The summed E-state index contributed by atoms with van der Waals surface area (Å²) in [7, 11) is 0. The Kier molecular flexibility index (Phi) is 4.55. The number of carbonyl (C=O) groups excluding carboxylic acids is 1. The lowest BCUT2D eigenvalue weighted by molar-refractivity contribution is -0.123. The van der Waals surface area contributed by atoms with Crippen molar-refractivity contribution in [1.29, 1.82) is 0 Å². The van der Waals surface area contributed by atoms with Crippen molar-refractivity contribution in [2.75, 3.05) is 0 Å². The standard InChI is InChI=1S/C16H20N4O3/c1-11-6-2-3-7-12(11)18-14(21)10-20-15(19-23-16(20)22)13-8-4-5-9-17-13/h4-5,8-9,11-12H,2-3,6-7,10H2,1H3,(H,18,21)/t11-,12-/m0/s1. The monoisotopic (exact) mass is 316 g/mol. The Hall–Kier alpha value is -2.44. The molecule has 1 N–H and O–H groups in total. The Bertz CT molecular complexity index is 722. The molecular weight excluding hydrogens is 296 g/mol. The van der Waals surface area contributed by atoms with Gasteiger partial charge in [0.05, 0.1) is 0 Å². The van der Waals surface area contributed by atoms with Crippen molar-refractivity contribution in [3.05, 3.63) is 34.9 Å². The molecule has 1 aliphatic rings. The zero-order valence-electron chi connectivity index (χ0n) is 13.1. The topological polar surface area (TPSA) is 90.0 Å². The lowest BCUT2D eigenvalue weighted by Crippen LogP contribution is -2.43. The molecule has 0 spiro atoms. The van der Waals surface area contributed by atoms with E-state index in [1.54, 1.807) is 24.4 Å². The van der Waals surface area contributed by atoms with Crippen LogP contribution in [0.15, 0.2) is 33.7 Å². The first-order chi connectivity index (χ1) is 11.1. The molecule has 3 rings (SSSR count). The SMILES string of the molecule is C[C@H]1CCCC[C@@H]1NC(=O)Cn1c(-c2ccccn2)noc1=O. The third-order valence-corrected chi connectivity index (χ3v) is 4.34. The molecule has 2 atom stereocenters. The van der Waals surface area contributed by atoms with E-state index in [0.717, 1.165) is 19.3 Å². The summed E-state index contributed by atoms with van der Waals surface area (Å²) in [6, 6.07) is 5.44. The number of nitrogens with one attached hydrogen (secondary N) is 1. The van der Waals surface area contributed by atoms with Crippen LogP contribution in [-0.2, 0) is 11.3 Å². The van der Waals surface area contributed by atoms with Gasteiger partial charge in [-0.15, -0.1) is 0 Å². The van der Waals surface area contributed by atoms with Gasteiger partial charge >= 0.3 is 5.76 Å². The van der Waals surface area contributed by atoms with Crippen LogP contribution in [0.25, 0.3) is 11.5 Å². The van der Waals surface area contributed by atoms with Gasteiger partial charge in [-0.1, -0.05) is 31.0 Å². The molecule has 0 unspecified atom stereocenters. The average Bonchev–Trinajstić information content (AvgIpc) is 2.91. The molecule has 7 heteroatoms. The van der Waals surface area contributed by atoms with Crippen molar-refractivity contribution in [3.63, 3.8) is 0 Å². The lowest BCUT2D eigenvalue weighted by atomic mass is 9.86. The molecule has 1 saturated carbocycles. The molecule has 0 saturated heterocycles. The molecule has 23 heavy (non-hydrogen) atoms. The highest BCUT2D eigenvalue weighted by Crippen LogP contribution is 2.23. The van der Waals surface area contributed by atoms with Crippen LogP contribution in [0.4, 0.5) is 0 Å². The molecule has 0 aromatic carbocycles. The summed E-state index contributed by atoms with van der Waals surface area (Å²) in [5.41, 5.74) is 0.497. The molecule has 1 fully saturated rings. The van der Waals surface area contributed by atoms with Crippen LogP contribution in [0.1, 0.15) is 32.6 Å². The van der Waals surface area contributed by atoms with Crippen molar-refractivity contribution in [3.8, 4) is 11.5 Å². The van der Waals surface area contributed by atoms with Crippen LogP contribution in [0.5, 0.6) is 0 Å². The first kappa shape index (κ1) is 15.5. The van der Waals surface area contributed by atoms with Crippen LogP contribution < -0.4 is 11.1 Å². The molecule has 122 valence electrons. The van der Waals surface area contributed by atoms with E-state index in [4.69, 9.17) is 4.52 Å². The summed E-state index contributed by atoms with van der Waals surface area (Å²) >= 11 is 0. The Morgan fingerprint density at radius 1 is 1.39 bits per heavy atom. The molecule has 0 radical (unpaired) electrons. The number of rotatable bonds is 4. The highest BCUT2D eigenvalue weighted by atomic mass is 16.5. The third kappa shape index (κ3) is 3.49.